The number of aromatic nitrogens is 2. The number of unbranched alkanes of at least 4 members (excludes halogenated alkanes) is 1. The van der Waals surface area contributed by atoms with Gasteiger partial charge in [0.2, 0.25) is 11.4 Å². The fourth-order valence-electron chi connectivity index (χ4n) is 3.69. The van der Waals surface area contributed by atoms with Gasteiger partial charge in [0, 0.05) is 51.1 Å². The van der Waals surface area contributed by atoms with Crippen LogP contribution in [0.1, 0.15) is 38.7 Å². The van der Waals surface area contributed by atoms with Crippen LogP contribution in [0.15, 0.2) is 28.9 Å². The summed E-state index contributed by atoms with van der Waals surface area (Å²) in [6.07, 6.45) is 6.15. The number of nitro benzene ring substituents is 1. The lowest BCUT2D eigenvalue weighted by molar-refractivity contribution is -0.383. The predicted octanol–water partition coefficient (Wildman–Crippen LogP) is 2.77. The number of allylic oxidation sites excluding steroid dienone is 1. The topological polar surface area (TPSA) is 123 Å². The van der Waals surface area contributed by atoms with Crippen molar-refractivity contribution in [2.75, 3.05) is 32.7 Å². The van der Waals surface area contributed by atoms with Crippen molar-refractivity contribution in [3.05, 3.63) is 40.0 Å². The zero-order chi connectivity index (χ0) is 23.1. The quantitative estimate of drug-likeness (QED) is 0.238. The summed E-state index contributed by atoms with van der Waals surface area (Å²) in [5, 5.41) is 18.5. The number of non-ortho nitro benzene ring substituents is 1. The second-order valence-electron chi connectivity index (χ2n) is 8.31. The number of fused-ring (bicyclic) bond motifs is 1. The van der Waals surface area contributed by atoms with Crippen LogP contribution < -0.4 is 0 Å². The summed E-state index contributed by atoms with van der Waals surface area (Å²) in [6, 6.07) is 3.09. The molecule has 2 heterocycles. The maximum absolute atomic E-state index is 12.5. The van der Waals surface area contributed by atoms with Crippen molar-refractivity contribution in [3.8, 4) is 0 Å². The molecule has 10 heteroatoms. The summed E-state index contributed by atoms with van der Waals surface area (Å²) >= 11 is 0. The molecule has 1 saturated heterocycles. The van der Waals surface area contributed by atoms with E-state index in [2.05, 4.69) is 19.8 Å². The molecule has 1 aliphatic rings. The number of nitrogens with zero attached hydrogens (tertiary/aromatic N) is 5. The maximum atomic E-state index is 12.5. The number of rotatable bonds is 10. The average molecular weight is 444 g/mol. The Bertz CT molecular complexity index is 992. The molecule has 0 bridgehead atoms. The van der Waals surface area contributed by atoms with Crippen molar-refractivity contribution in [3.63, 3.8) is 0 Å². The zero-order valence-corrected chi connectivity index (χ0v) is 18.5. The first kappa shape index (κ1) is 23.5. The van der Waals surface area contributed by atoms with Gasteiger partial charge < -0.3 is 4.90 Å². The van der Waals surface area contributed by atoms with Crippen molar-refractivity contribution >= 4 is 28.4 Å². The van der Waals surface area contributed by atoms with E-state index in [1.807, 2.05) is 24.8 Å². The predicted molar refractivity (Wildman–Crippen MR) is 118 cm³/mol. The average Bonchev–Trinajstić information content (AvgIpc) is 3.26. The van der Waals surface area contributed by atoms with Crippen LogP contribution in [0.3, 0.4) is 0 Å². The van der Waals surface area contributed by atoms with E-state index in [9.17, 15) is 19.7 Å². The van der Waals surface area contributed by atoms with Crippen LogP contribution in [0.25, 0.3) is 11.0 Å². The minimum absolute atomic E-state index is 0.0137. The van der Waals surface area contributed by atoms with E-state index in [4.69, 9.17) is 0 Å². The molecule has 32 heavy (non-hydrogen) atoms. The van der Waals surface area contributed by atoms with E-state index in [0.717, 1.165) is 38.0 Å². The number of hydrogen-bond donors (Lipinski definition) is 0. The molecule has 1 amide bonds. The SMILES string of the molecule is CC(C)C(=O)/C=C/CN1CCN(C(=O)CCCCc2ccc([N+](=O)[O-])c3nonc23)CC1. The van der Waals surface area contributed by atoms with E-state index < -0.39 is 4.92 Å². The number of carbonyl (C=O) groups is 2. The first-order valence-corrected chi connectivity index (χ1v) is 11.0. The van der Waals surface area contributed by atoms with Crippen LogP contribution in [-0.2, 0) is 16.0 Å². The van der Waals surface area contributed by atoms with Gasteiger partial charge in [0.05, 0.1) is 4.92 Å². The summed E-state index contributed by atoms with van der Waals surface area (Å²) in [5.74, 6) is 0.292. The Labute approximate surface area is 186 Å². The third-order valence-electron chi connectivity index (χ3n) is 5.70. The number of amides is 1. The van der Waals surface area contributed by atoms with E-state index in [1.165, 1.54) is 6.07 Å². The molecule has 2 aromatic rings. The number of ketones is 1. The largest absolute Gasteiger partial charge is 0.340 e. The number of hydrogen-bond acceptors (Lipinski definition) is 8. The highest BCUT2D eigenvalue weighted by atomic mass is 16.6. The third kappa shape index (κ3) is 5.97. The molecule has 1 fully saturated rings. The van der Waals surface area contributed by atoms with Crippen molar-refractivity contribution in [2.24, 2.45) is 5.92 Å². The van der Waals surface area contributed by atoms with Crippen molar-refractivity contribution in [1.29, 1.82) is 0 Å². The molecule has 0 spiro atoms. The van der Waals surface area contributed by atoms with Gasteiger partial charge in [-0.1, -0.05) is 19.9 Å². The van der Waals surface area contributed by atoms with Crippen molar-refractivity contribution in [2.45, 2.75) is 39.5 Å². The molecule has 0 saturated carbocycles. The highest BCUT2D eigenvalue weighted by Crippen LogP contribution is 2.26. The van der Waals surface area contributed by atoms with Gasteiger partial charge in [-0.15, -0.1) is 0 Å². The van der Waals surface area contributed by atoms with Crippen LogP contribution in [-0.4, -0.2) is 69.5 Å². The Hall–Kier alpha value is -3.14. The van der Waals surface area contributed by atoms with Crippen molar-refractivity contribution < 1.29 is 19.1 Å². The fraction of sp³-hybridized carbons (Fsp3) is 0.545. The van der Waals surface area contributed by atoms with Crippen LogP contribution in [0.2, 0.25) is 0 Å². The van der Waals surface area contributed by atoms with Crippen molar-refractivity contribution in [1.82, 2.24) is 20.1 Å². The number of aryl methyl sites for hydroxylation is 1. The van der Waals surface area contributed by atoms with E-state index >= 15 is 0 Å². The van der Waals surface area contributed by atoms with Gasteiger partial charge in [-0.2, -0.15) is 0 Å². The standard InChI is InChI=1S/C22H29N5O5/c1-16(2)19(28)7-5-11-25-12-14-26(15-13-25)20(29)8-4-3-6-17-9-10-18(27(30)31)22-21(17)23-32-24-22/h5,7,9-10,16H,3-4,6,8,11-15H2,1-2H3/b7-5+. The van der Waals surface area contributed by atoms with Gasteiger partial charge in [-0.25, -0.2) is 4.63 Å². The van der Waals surface area contributed by atoms with E-state index in [-0.39, 0.29) is 28.8 Å². The van der Waals surface area contributed by atoms with Crippen LogP contribution in [0.4, 0.5) is 5.69 Å². The Morgan fingerprint density at radius 2 is 1.88 bits per heavy atom. The molecule has 0 aliphatic carbocycles. The van der Waals surface area contributed by atoms with Crippen LogP contribution in [0.5, 0.6) is 0 Å². The molecule has 3 rings (SSSR count). The number of piperazine rings is 1. The molecule has 10 nitrogen and oxygen atoms in total. The van der Waals surface area contributed by atoms with Crippen LogP contribution >= 0.6 is 0 Å². The smallest absolute Gasteiger partial charge is 0.300 e. The highest BCUT2D eigenvalue weighted by molar-refractivity contribution is 5.91. The Morgan fingerprint density at radius 3 is 2.56 bits per heavy atom. The highest BCUT2D eigenvalue weighted by Gasteiger charge is 2.21. The molecule has 0 atom stereocenters. The molecule has 172 valence electrons. The number of benzene rings is 1. The van der Waals surface area contributed by atoms with Gasteiger partial charge in [0.15, 0.2) is 5.78 Å². The molecule has 1 aliphatic heterocycles. The van der Waals surface area contributed by atoms with E-state index in [0.29, 0.717) is 31.4 Å². The van der Waals surface area contributed by atoms with Gasteiger partial charge in [0.1, 0.15) is 5.52 Å². The second kappa shape index (κ2) is 10.9. The Balaban J connectivity index is 1.39. The first-order chi connectivity index (χ1) is 15.4. The lowest BCUT2D eigenvalue weighted by Gasteiger charge is -2.34. The monoisotopic (exact) mass is 443 g/mol. The summed E-state index contributed by atoms with van der Waals surface area (Å²) in [4.78, 5) is 38.9. The summed E-state index contributed by atoms with van der Waals surface area (Å²) in [6.45, 7) is 7.47. The van der Waals surface area contributed by atoms with Gasteiger partial charge in [0.25, 0.3) is 0 Å². The third-order valence-corrected chi connectivity index (χ3v) is 5.70. The lowest BCUT2D eigenvalue weighted by Crippen LogP contribution is -2.48. The zero-order valence-electron chi connectivity index (χ0n) is 18.5. The first-order valence-electron chi connectivity index (χ1n) is 11.0. The lowest BCUT2D eigenvalue weighted by atomic mass is 10.0. The van der Waals surface area contributed by atoms with Gasteiger partial charge >= 0.3 is 5.69 Å². The van der Waals surface area contributed by atoms with Gasteiger partial charge in [-0.3, -0.25) is 24.6 Å². The Kier molecular flexibility index (Phi) is 8.04. The summed E-state index contributed by atoms with van der Waals surface area (Å²) in [7, 11) is 0. The molecule has 0 unspecified atom stereocenters. The molecule has 0 radical (unpaired) electrons. The second-order valence-corrected chi connectivity index (χ2v) is 8.31. The number of carbonyl (C=O) groups excluding carboxylic acids is 2. The molecular formula is C22H29N5O5. The molecular weight excluding hydrogens is 414 g/mol. The summed E-state index contributed by atoms with van der Waals surface area (Å²) < 4.78 is 4.69. The Morgan fingerprint density at radius 1 is 1.16 bits per heavy atom. The summed E-state index contributed by atoms with van der Waals surface area (Å²) in [5.41, 5.74) is 1.27. The minimum Gasteiger partial charge on any atom is -0.340 e. The minimum atomic E-state index is -0.504. The molecule has 1 aromatic carbocycles. The molecule has 0 N–H and O–H groups in total. The maximum Gasteiger partial charge on any atom is 0.300 e. The van der Waals surface area contributed by atoms with Gasteiger partial charge in [-0.05, 0) is 47.3 Å². The fourth-order valence-corrected chi connectivity index (χ4v) is 3.69. The molecule has 1 aromatic heterocycles. The van der Waals surface area contributed by atoms with Crippen LogP contribution in [0, 0.1) is 16.0 Å². The normalized spacial score (nSPS) is 15.2. The van der Waals surface area contributed by atoms with E-state index in [1.54, 1.807) is 12.1 Å². The number of nitro groups is 1.